The van der Waals surface area contributed by atoms with Crippen LogP contribution < -0.4 is 9.47 Å². The molecule has 0 aliphatic carbocycles. The van der Waals surface area contributed by atoms with E-state index in [9.17, 15) is 5.11 Å². The van der Waals surface area contributed by atoms with Crippen LogP contribution in [0.5, 0.6) is 11.5 Å². The molecule has 1 saturated heterocycles. The molecule has 0 amide bonds. The maximum Gasteiger partial charge on any atom is 0.119 e. The molecule has 2 aromatic carbocycles. The largest absolute Gasteiger partial charge is 0.491 e. The van der Waals surface area contributed by atoms with E-state index in [1.54, 1.807) is 0 Å². The fraction of sp³-hybridized carbons (Fsp3) is 0.400. The van der Waals surface area contributed by atoms with Gasteiger partial charge >= 0.3 is 0 Å². The normalized spacial score (nSPS) is 17.3. The molecule has 1 fully saturated rings. The third-order valence-electron chi connectivity index (χ3n) is 3.96. The average molecular weight is 328 g/mol. The summed E-state index contributed by atoms with van der Waals surface area (Å²) >= 11 is 0. The maximum atomic E-state index is 9.60. The zero-order valence-corrected chi connectivity index (χ0v) is 14.0. The molecule has 1 heterocycles. The quantitative estimate of drug-likeness (QED) is 0.718. The molecule has 0 bridgehead atoms. The predicted octanol–water partition coefficient (Wildman–Crippen LogP) is 3.20. The van der Waals surface area contributed by atoms with E-state index in [1.165, 1.54) is 11.1 Å². The van der Waals surface area contributed by atoms with Crippen molar-refractivity contribution in [1.29, 1.82) is 0 Å². The Kier molecular flexibility index (Phi) is 5.72. The van der Waals surface area contributed by atoms with Gasteiger partial charge in [0.05, 0.1) is 12.7 Å². The van der Waals surface area contributed by atoms with Gasteiger partial charge in [0, 0.05) is 0 Å². The van der Waals surface area contributed by atoms with E-state index in [-0.39, 0.29) is 6.10 Å². The molecule has 1 aliphatic heterocycles. The number of ether oxygens (including phenoxy) is 3. The molecule has 1 aliphatic rings. The van der Waals surface area contributed by atoms with Gasteiger partial charge in [0.2, 0.25) is 0 Å². The van der Waals surface area contributed by atoms with Crippen molar-refractivity contribution in [3.8, 4) is 11.5 Å². The lowest BCUT2D eigenvalue weighted by Gasteiger charge is -2.11. The van der Waals surface area contributed by atoms with E-state index >= 15 is 0 Å². The Labute approximate surface area is 143 Å². The number of hydrogen-bond acceptors (Lipinski definition) is 4. The second-order valence-electron chi connectivity index (χ2n) is 6.11. The maximum absolute atomic E-state index is 9.60. The molecule has 0 spiro atoms. The number of benzene rings is 2. The van der Waals surface area contributed by atoms with Crippen molar-refractivity contribution < 1.29 is 19.3 Å². The summed E-state index contributed by atoms with van der Waals surface area (Å²) in [6.45, 7) is 3.69. The molecule has 0 saturated carbocycles. The zero-order chi connectivity index (χ0) is 16.8. The lowest BCUT2D eigenvalue weighted by Crippen LogP contribution is -2.16. The molecule has 4 nitrogen and oxygen atoms in total. The van der Waals surface area contributed by atoms with E-state index in [4.69, 9.17) is 14.2 Å². The van der Waals surface area contributed by atoms with Crippen LogP contribution in [0.4, 0.5) is 0 Å². The summed E-state index contributed by atoms with van der Waals surface area (Å²) in [4.78, 5) is 0. The summed E-state index contributed by atoms with van der Waals surface area (Å²) < 4.78 is 16.5. The first-order chi connectivity index (χ1) is 11.7. The second-order valence-corrected chi connectivity index (χ2v) is 6.11. The molecule has 2 atom stereocenters. The fourth-order valence-corrected chi connectivity index (χ4v) is 2.39. The first kappa shape index (κ1) is 16.8. The van der Waals surface area contributed by atoms with Crippen LogP contribution in [0, 0.1) is 0 Å². The summed E-state index contributed by atoms with van der Waals surface area (Å²) in [5.74, 6) is 1.67. The molecule has 24 heavy (non-hydrogen) atoms. The summed E-state index contributed by atoms with van der Waals surface area (Å²) in [7, 11) is 0. The number of hydrogen-bond donors (Lipinski definition) is 1. The Balaban J connectivity index is 1.59. The number of aliphatic hydroxyl groups excluding tert-OH is 1. The molecule has 3 rings (SSSR count). The Morgan fingerprint density at radius 1 is 1.08 bits per heavy atom. The monoisotopic (exact) mass is 328 g/mol. The Morgan fingerprint density at radius 2 is 1.71 bits per heavy atom. The van der Waals surface area contributed by atoms with Crippen molar-refractivity contribution in [3.05, 3.63) is 59.7 Å². The molecule has 0 aromatic heterocycles. The van der Waals surface area contributed by atoms with Crippen molar-refractivity contribution in [3.63, 3.8) is 0 Å². The van der Waals surface area contributed by atoms with Crippen molar-refractivity contribution in [2.75, 3.05) is 19.8 Å². The molecular formula is C20H24O4. The lowest BCUT2D eigenvalue weighted by molar-refractivity contribution is 0.104. The van der Waals surface area contributed by atoms with Gasteiger partial charge in [-0.25, -0.2) is 0 Å². The Hall–Kier alpha value is -2.04. The number of epoxide rings is 1. The minimum absolute atomic E-state index is 0.265. The topological polar surface area (TPSA) is 51.2 Å². The lowest BCUT2D eigenvalue weighted by atomic mass is 10.0. The van der Waals surface area contributed by atoms with Crippen LogP contribution in [0.3, 0.4) is 0 Å². The summed E-state index contributed by atoms with van der Waals surface area (Å²) in [5.41, 5.74) is 2.36. The van der Waals surface area contributed by atoms with Crippen molar-refractivity contribution in [2.24, 2.45) is 0 Å². The molecule has 1 N–H and O–H groups in total. The zero-order valence-electron chi connectivity index (χ0n) is 14.0. The van der Waals surface area contributed by atoms with Gasteiger partial charge in [-0.2, -0.15) is 0 Å². The third kappa shape index (κ3) is 5.25. The first-order valence-corrected chi connectivity index (χ1v) is 8.46. The summed E-state index contributed by atoms with van der Waals surface area (Å²) in [5, 5.41) is 9.60. The van der Waals surface area contributed by atoms with Crippen LogP contribution in [-0.2, 0) is 11.2 Å². The minimum Gasteiger partial charge on any atom is -0.491 e. The van der Waals surface area contributed by atoms with E-state index in [1.807, 2.05) is 37.3 Å². The minimum atomic E-state index is -0.419. The highest BCUT2D eigenvalue weighted by Gasteiger charge is 2.23. The summed E-state index contributed by atoms with van der Waals surface area (Å²) in [6.07, 6.45) is 1.35. The van der Waals surface area contributed by atoms with E-state index in [0.29, 0.717) is 19.6 Å². The van der Waals surface area contributed by atoms with Crippen LogP contribution in [-0.4, -0.2) is 37.1 Å². The van der Waals surface area contributed by atoms with Gasteiger partial charge in [0.15, 0.2) is 0 Å². The SMILES string of the molecule is CCC(O)COc1cccc(Cc2cccc(OCC3CO3)c2)c1. The number of aliphatic hydroxyl groups is 1. The van der Waals surface area contributed by atoms with Crippen LogP contribution in [0.15, 0.2) is 48.5 Å². The highest BCUT2D eigenvalue weighted by Crippen LogP contribution is 2.21. The standard InChI is InChI=1S/C20H24O4/c1-2-17(21)12-22-18-7-3-5-15(10-18)9-16-6-4-8-19(11-16)23-13-20-14-24-20/h3-8,10-11,17,20-21H,2,9,12-14H2,1H3. The summed E-state index contributed by atoms with van der Waals surface area (Å²) in [6, 6.07) is 16.1. The molecule has 0 radical (unpaired) electrons. The van der Waals surface area contributed by atoms with E-state index < -0.39 is 6.10 Å². The third-order valence-corrected chi connectivity index (χ3v) is 3.96. The van der Waals surface area contributed by atoms with E-state index in [2.05, 4.69) is 18.2 Å². The molecule has 2 aromatic rings. The van der Waals surface area contributed by atoms with Crippen LogP contribution in [0.2, 0.25) is 0 Å². The van der Waals surface area contributed by atoms with Gasteiger partial charge in [-0.05, 0) is 48.2 Å². The van der Waals surface area contributed by atoms with Gasteiger partial charge in [-0.15, -0.1) is 0 Å². The Bertz CT molecular complexity index is 652. The van der Waals surface area contributed by atoms with Crippen molar-refractivity contribution in [1.82, 2.24) is 0 Å². The second kappa shape index (κ2) is 8.18. The van der Waals surface area contributed by atoms with Gasteiger partial charge in [0.1, 0.15) is 30.8 Å². The van der Waals surface area contributed by atoms with Crippen molar-refractivity contribution >= 4 is 0 Å². The molecular weight excluding hydrogens is 304 g/mol. The van der Waals surface area contributed by atoms with Crippen LogP contribution >= 0.6 is 0 Å². The van der Waals surface area contributed by atoms with E-state index in [0.717, 1.165) is 24.5 Å². The van der Waals surface area contributed by atoms with Gasteiger partial charge in [-0.1, -0.05) is 31.2 Å². The highest BCUT2D eigenvalue weighted by atomic mass is 16.6. The predicted molar refractivity (Wildman–Crippen MR) is 92.7 cm³/mol. The van der Waals surface area contributed by atoms with Crippen molar-refractivity contribution in [2.45, 2.75) is 32.0 Å². The van der Waals surface area contributed by atoms with Crippen LogP contribution in [0.1, 0.15) is 24.5 Å². The smallest absolute Gasteiger partial charge is 0.119 e. The Morgan fingerprint density at radius 3 is 2.29 bits per heavy atom. The molecule has 128 valence electrons. The van der Waals surface area contributed by atoms with Gasteiger partial charge in [0.25, 0.3) is 0 Å². The number of rotatable bonds is 9. The average Bonchev–Trinajstić information content (AvgIpc) is 3.43. The first-order valence-electron chi connectivity index (χ1n) is 8.46. The fourth-order valence-electron chi connectivity index (χ4n) is 2.39. The van der Waals surface area contributed by atoms with Gasteiger partial charge in [-0.3, -0.25) is 0 Å². The highest BCUT2D eigenvalue weighted by molar-refractivity contribution is 5.35. The molecule has 2 unspecified atom stereocenters. The van der Waals surface area contributed by atoms with Crippen LogP contribution in [0.25, 0.3) is 0 Å². The van der Waals surface area contributed by atoms with Gasteiger partial charge < -0.3 is 19.3 Å². The molecule has 4 heteroatoms.